The Hall–Kier alpha value is -0.910. The van der Waals surface area contributed by atoms with Gasteiger partial charge in [-0.25, -0.2) is 0 Å². The molecular formula is C16H25N3O2. The molecule has 1 N–H and O–H groups in total. The molecule has 1 saturated heterocycles. The first kappa shape index (κ1) is 13.7. The van der Waals surface area contributed by atoms with Gasteiger partial charge in [0.25, 0.3) is 0 Å². The summed E-state index contributed by atoms with van der Waals surface area (Å²) in [5.74, 6) is 0.994. The van der Waals surface area contributed by atoms with Crippen molar-refractivity contribution in [2.24, 2.45) is 0 Å². The first-order valence-electron chi connectivity index (χ1n) is 8.42. The van der Waals surface area contributed by atoms with Crippen LogP contribution in [0.5, 0.6) is 0 Å². The summed E-state index contributed by atoms with van der Waals surface area (Å²) in [6.07, 6.45) is 8.17. The van der Waals surface area contributed by atoms with Crippen LogP contribution in [-0.2, 0) is 17.8 Å². The van der Waals surface area contributed by atoms with Gasteiger partial charge in [0.15, 0.2) is 5.76 Å². The van der Waals surface area contributed by atoms with Gasteiger partial charge in [0.05, 0.1) is 24.9 Å². The highest BCUT2D eigenvalue weighted by Crippen LogP contribution is 2.29. The molecule has 116 valence electrons. The second-order valence-electron chi connectivity index (χ2n) is 6.67. The average Bonchev–Trinajstić information content (AvgIpc) is 3.25. The Morgan fingerprint density at radius 3 is 3.05 bits per heavy atom. The Balaban J connectivity index is 1.35. The van der Waals surface area contributed by atoms with Gasteiger partial charge in [-0.3, -0.25) is 4.90 Å². The highest BCUT2D eigenvalue weighted by atomic mass is 16.5. The topological polar surface area (TPSA) is 50.5 Å². The van der Waals surface area contributed by atoms with E-state index in [1.165, 1.54) is 38.5 Å². The molecule has 5 heteroatoms. The van der Waals surface area contributed by atoms with Gasteiger partial charge in [0, 0.05) is 31.2 Å². The third-order valence-corrected chi connectivity index (χ3v) is 4.96. The minimum absolute atomic E-state index is 0.437. The predicted molar refractivity (Wildman–Crippen MR) is 78.8 cm³/mol. The SMILES string of the molecule is c1c(CNC2CC2)noc1CN1CCOC2CCCCC21. The van der Waals surface area contributed by atoms with Crippen molar-refractivity contribution < 1.29 is 9.26 Å². The molecule has 0 bridgehead atoms. The van der Waals surface area contributed by atoms with Crippen molar-refractivity contribution >= 4 is 0 Å². The van der Waals surface area contributed by atoms with Crippen LogP contribution in [0, 0.1) is 0 Å². The zero-order valence-corrected chi connectivity index (χ0v) is 12.6. The molecule has 1 aromatic heterocycles. The molecule has 21 heavy (non-hydrogen) atoms. The van der Waals surface area contributed by atoms with Crippen LogP contribution < -0.4 is 5.32 Å². The lowest BCUT2D eigenvalue weighted by atomic mass is 9.90. The van der Waals surface area contributed by atoms with Crippen molar-refractivity contribution in [1.29, 1.82) is 0 Å². The summed E-state index contributed by atoms with van der Waals surface area (Å²) in [7, 11) is 0. The molecule has 0 spiro atoms. The average molecular weight is 291 g/mol. The molecule has 0 aromatic carbocycles. The van der Waals surface area contributed by atoms with Gasteiger partial charge in [-0.1, -0.05) is 18.0 Å². The maximum absolute atomic E-state index is 5.93. The number of nitrogens with zero attached hydrogens (tertiary/aromatic N) is 2. The molecule has 2 unspecified atom stereocenters. The first-order valence-corrected chi connectivity index (χ1v) is 8.42. The molecule has 2 saturated carbocycles. The summed E-state index contributed by atoms with van der Waals surface area (Å²) in [6.45, 7) is 3.58. The van der Waals surface area contributed by atoms with Crippen LogP contribution in [0.1, 0.15) is 50.0 Å². The van der Waals surface area contributed by atoms with Crippen molar-refractivity contribution in [3.05, 3.63) is 17.5 Å². The Labute approximate surface area is 126 Å². The van der Waals surface area contributed by atoms with E-state index in [0.717, 1.165) is 37.7 Å². The fourth-order valence-corrected chi connectivity index (χ4v) is 3.62. The van der Waals surface area contributed by atoms with Gasteiger partial charge >= 0.3 is 0 Å². The lowest BCUT2D eigenvalue weighted by Gasteiger charge is -2.43. The number of hydrogen-bond donors (Lipinski definition) is 1. The summed E-state index contributed by atoms with van der Waals surface area (Å²) in [4.78, 5) is 2.53. The van der Waals surface area contributed by atoms with E-state index in [-0.39, 0.29) is 0 Å². The van der Waals surface area contributed by atoms with E-state index in [1.807, 2.05) is 0 Å². The highest BCUT2D eigenvalue weighted by Gasteiger charge is 2.34. The van der Waals surface area contributed by atoms with Gasteiger partial charge in [-0.05, 0) is 25.7 Å². The zero-order valence-electron chi connectivity index (χ0n) is 12.6. The van der Waals surface area contributed by atoms with Crippen LogP contribution in [0.4, 0.5) is 0 Å². The standard InChI is InChI=1S/C16H25N3O2/c1-2-4-16-15(3-1)19(7-8-20-16)11-14-9-13(18-21-14)10-17-12-5-6-12/h9,12,15-17H,1-8,10-11H2. The normalized spacial score (nSPS) is 30.3. The third-order valence-electron chi connectivity index (χ3n) is 4.96. The summed E-state index contributed by atoms with van der Waals surface area (Å²) in [5.41, 5.74) is 1.03. The number of hydrogen-bond acceptors (Lipinski definition) is 5. The number of rotatable bonds is 5. The number of morpholine rings is 1. The minimum atomic E-state index is 0.437. The van der Waals surface area contributed by atoms with E-state index < -0.39 is 0 Å². The van der Waals surface area contributed by atoms with Crippen molar-refractivity contribution in [3.63, 3.8) is 0 Å². The molecule has 2 aliphatic carbocycles. The number of nitrogens with one attached hydrogen (secondary N) is 1. The molecule has 0 radical (unpaired) electrons. The minimum Gasteiger partial charge on any atom is -0.375 e. The summed E-state index contributed by atoms with van der Waals surface area (Å²) in [6, 6.07) is 3.40. The van der Waals surface area contributed by atoms with Gasteiger partial charge in [0.2, 0.25) is 0 Å². The van der Waals surface area contributed by atoms with E-state index in [0.29, 0.717) is 18.2 Å². The molecule has 1 aliphatic heterocycles. The molecule has 1 aromatic rings. The fourth-order valence-electron chi connectivity index (χ4n) is 3.62. The van der Waals surface area contributed by atoms with Crippen LogP contribution >= 0.6 is 0 Å². The number of ether oxygens (including phenoxy) is 1. The summed E-state index contributed by atoms with van der Waals surface area (Å²) in [5, 5.41) is 7.67. The third kappa shape index (κ3) is 3.30. The summed E-state index contributed by atoms with van der Waals surface area (Å²) >= 11 is 0. The van der Waals surface area contributed by atoms with E-state index >= 15 is 0 Å². The molecule has 4 rings (SSSR count). The second kappa shape index (κ2) is 6.07. The number of fused-ring (bicyclic) bond motifs is 1. The van der Waals surface area contributed by atoms with Crippen molar-refractivity contribution in [2.45, 2.75) is 69.8 Å². The summed E-state index contributed by atoms with van der Waals surface area (Å²) < 4.78 is 11.5. The highest BCUT2D eigenvalue weighted by molar-refractivity contribution is 5.06. The lowest BCUT2D eigenvalue weighted by molar-refractivity contribution is -0.0929. The van der Waals surface area contributed by atoms with Gasteiger partial charge in [-0.15, -0.1) is 0 Å². The first-order chi connectivity index (χ1) is 10.4. The maximum atomic E-state index is 5.93. The van der Waals surface area contributed by atoms with Gasteiger partial charge < -0.3 is 14.6 Å². The van der Waals surface area contributed by atoms with Gasteiger partial charge in [0.1, 0.15) is 0 Å². The van der Waals surface area contributed by atoms with Crippen LogP contribution in [0.25, 0.3) is 0 Å². The monoisotopic (exact) mass is 291 g/mol. The largest absolute Gasteiger partial charge is 0.375 e. The molecule has 3 aliphatic rings. The Morgan fingerprint density at radius 2 is 2.14 bits per heavy atom. The fraction of sp³-hybridized carbons (Fsp3) is 0.812. The van der Waals surface area contributed by atoms with E-state index in [9.17, 15) is 0 Å². The van der Waals surface area contributed by atoms with Crippen molar-refractivity contribution in [1.82, 2.24) is 15.4 Å². The Morgan fingerprint density at radius 1 is 1.24 bits per heavy atom. The Kier molecular flexibility index (Phi) is 3.97. The van der Waals surface area contributed by atoms with Gasteiger partial charge in [-0.2, -0.15) is 0 Å². The van der Waals surface area contributed by atoms with Crippen LogP contribution in [-0.4, -0.2) is 41.4 Å². The Bertz CT molecular complexity index is 470. The van der Waals surface area contributed by atoms with Crippen molar-refractivity contribution in [3.8, 4) is 0 Å². The number of aromatic nitrogens is 1. The lowest BCUT2D eigenvalue weighted by Crippen LogP contribution is -2.52. The molecule has 2 heterocycles. The second-order valence-corrected chi connectivity index (χ2v) is 6.67. The van der Waals surface area contributed by atoms with Crippen molar-refractivity contribution in [2.75, 3.05) is 13.2 Å². The van der Waals surface area contributed by atoms with E-state index in [4.69, 9.17) is 9.26 Å². The smallest absolute Gasteiger partial charge is 0.151 e. The van der Waals surface area contributed by atoms with E-state index in [1.54, 1.807) is 0 Å². The van der Waals surface area contributed by atoms with E-state index in [2.05, 4.69) is 21.4 Å². The molecule has 5 nitrogen and oxygen atoms in total. The molecular weight excluding hydrogens is 266 g/mol. The zero-order chi connectivity index (χ0) is 14.1. The maximum Gasteiger partial charge on any atom is 0.151 e. The van der Waals surface area contributed by atoms with Crippen LogP contribution in [0.3, 0.4) is 0 Å². The molecule has 3 fully saturated rings. The van der Waals surface area contributed by atoms with Crippen LogP contribution in [0.2, 0.25) is 0 Å². The quantitative estimate of drug-likeness (QED) is 0.900. The molecule has 0 amide bonds. The molecule has 2 atom stereocenters. The predicted octanol–water partition coefficient (Wildman–Crippen LogP) is 2.07. The van der Waals surface area contributed by atoms with Crippen LogP contribution in [0.15, 0.2) is 10.6 Å².